The van der Waals surface area contributed by atoms with Gasteiger partial charge in [0, 0.05) is 6.07 Å². The number of nitrogens with one attached hydrogen (secondary N) is 1. The highest BCUT2D eigenvalue weighted by Gasteiger charge is 2.27. The minimum atomic E-state index is -0.621. The molecule has 2 N–H and O–H groups in total. The molecule has 1 aliphatic heterocycles. The Morgan fingerprint density at radius 2 is 2.12 bits per heavy atom. The molecular weight excluding hydrogens is 342 g/mol. The number of aryl methyl sites for hydroxylation is 1. The monoisotopic (exact) mass is 357 g/mol. The van der Waals surface area contributed by atoms with Crippen LogP contribution in [0.2, 0.25) is 0 Å². The van der Waals surface area contributed by atoms with Crippen molar-refractivity contribution in [3.05, 3.63) is 52.1 Å². The number of nitrogens with zero attached hydrogens (tertiary/aromatic N) is 2. The summed E-state index contributed by atoms with van der Waals surface area (Å²) in [5, 5.41) is 23.3. The second-order valence-corrected chi connectivity index (χ2v) is 5.81. The van der Waals surface area contributed by atoms with E-state index in [9.17, 15) is 24.8 Å². The molecule has 0 radical (unpaired) electrons. The molecule has 0 unspecified atom stereocenters. The molecule has 134 valence electrons. The number of nitro groups is 1. The summed E-state index contributed by atoms with van der Waals surface area (Å²) in [5.74, 6) is -1.11. The van der Waals surface area contributed by atoms with Crippen LogP contribution in [0.5, 0.6) is 11.5 Å². The summed E-state index contributed by atoms with van der Waals surface area (Å²) in [6.45, 7) is 1.45. The molecule has 0 aliphatic carbocycles. The number of hydrogen-bond donors (Lipinski definition) is 2. The molecule has 0 aromatic heterocycles. The molecule has 1 heterocycles. The molecule has 26 heavy (non-hydrogen) atoms. The van der Waals surface area contributed by atoms with E-state index in [1.165, 1.54) is 23.1 Å². The number of aromatic hydroxyl groups is 1. The van der Waals surface area contributed by atoms with E-state index < -0.39 is 16.8 Å². The van der Waals surface area contributed by atoms with Crippen LogP contribution in [0.3, 0.4) is 0 Å². The van der Waals surface area contributed by atoms with Gasteiger partial charge in [0.25, 0.3) is 5.69 Å². The van der Waals surface area contributed by atoms with Crippen LogP contribution in [0.4, 0.5) is 17.1 Å². The van der Waals surface area contributed by atoms with Gasteiger partial charge in [0.15, 0.2) is 5.75 Å². The zero-order valence-electron chi connectivity index (χ0n) is 13.8. The number of phenolic OH excluding ortho intramolecular Hbond substituents is 1. The molecule has 9 heteroatoms. The van der Waals surface area contributed by atoms with Crippen molar-refractivity contribution in [1.82, 2.24) is 0 Å². The molecule has 1 amide bonds. The van der Waals surface area contributed by atoms with Gasteiger partial charge in [0.2, 0.25) is 5.91 Å². The maximum absolute atomic E-state index is 12.3. The fourth-order valence-electron chi connectivity index (χ4n) is 2.61. The van der Waals surface area contributed by atoms with E-state index in [0.717, 1.165) is 11.6 Å². The van der Waals surface area contributed by atoms with Crippen LogP contribution in [0, 0.1) is 17.0 Å². The molecule has 2 aromatic rings. The van der Waals surface area contributed by atoms with Crippen molar-refractivity contribution in [3.8, 4) is 11.5 Å². The number of fused-ring (bicyclic) bond motifs is 1. The number of amides is 1. The molecule has 0 saturated heterocycles. The lowest BCUT2D eigenvalue weighted by Gasteiger charge is -2.29. The number of carbonyl (C=O) groups excluding carboxylic acids is 2. The third kappa shape index (κ3) is 3.56. The summed E-state index contributed by atoms with van der Waals surface area (Å²) in [6, 6.07) is 8.67. The summed E-state index contributed by atoms with van der Waals surface area (Å²) >= 11 is 0. The number of rotatable bonds is 4. The van der Waals surface area contributed by atoms with E-state index in [1.54, 1.807) is 19.1 Å². The number of benzene rings is 2. The van der Waals surface area contributed by atoms with Crippen LogP contribution in [0.1, 0.15) is 5.56 Å². The fraction of sp³-hybridized carbons (Fsp3) is 0.176. The number of ether oxygens (including phenoxy) is 1. The maximum Gasteiger partial charge on any atom is 0.331 e. The van der Waals surface area contributed by atoms with Gasteiger partial charge in [0.1, 0.15) is 12.3 Å². The van der Waals surface area contributed by atoms with Gasteiger partial charge in [-0.2, -0.15) is 0 Å². The Hall–Kier alpha value is -3.62. The minimum absolute atomic E-state index is 0.0291. The van der Waals surface area contributed by atoms with Gasteiger partial charge < -0.3 is 20.1 Å². The second kappa shape index (κ2) is 6.71. The minimum Gasteiger partial charge on any atom is -0.506 e. The lowest BCUT2D eigenvalue weighted by Crippen LogP contribution is -2.41. The number of non-ortho nitro benzene ring substituents is 1. The topological polar surface area (TPSA) is 122 Å². The zero-order chi connectivity index (χ0) is 18.8. The standard InChI is InChI=1S/C17H15N3O6/c1-10-2-4-12(14(21)6-10)18-16(22)8-19-9-17(23)26-15-7-11(20(24)25)3-5-13(15)19/h2-7,21H,8-9H2,1H3,(H,18,22). The second-order valence-electron chi connectivity index (χ2n) is 5.81. The Morgan fingerprint density at radius 1 is 1.35 bits per heavy atom. The Labute approximate surface area is 148 Å². The molecule has 0 atom stereocenters. The van der Waals surface area contributed by atoms with Gasteiger partial charge in [0.05, 0.1) is 28.9 Å². The van der Waals surface area contributed by atoms with Gasteiger partial charge in [-0.1, -0.05) is 6.07 Å². The summed E-state index contributed by atoms with van der Waals surface area (Å²) in [7, 11) is 0. The van der Waals surface area contributed by atoms with Crippen molar-refractivity contribution < 1.29 is 24.4 Å². The van der Waals surface area contributed by atoms with E-state index in [2.05, 4.69) is 5.32 Å². The van der Waals surface area contributed by atoms with Crippen LogP contribution in [-0.4, -0.2) is 35.0 Å². The smallest absolute Gasteiger partial charge is 0.331 e. The zero-order valence-corrected chi connectivity index (χ0v) is 13.8. The van der Waals surface area contributed by atoms with Gasteiger partial charge in [-0.25, -0.2) is 4.79 Å². The highest BCUT2D eigenvalue weighted by Crippen LogP contribution is 2.35. The quantitative estimate of drug-likeness (QED) is 0.282. The van der Waals surface area contributed by atoms with E-state index in [4.69, 9.17) is 4.74 Å². The number of hydrogen-bond acceptors (Lipinski definition) is 7. The number of carbonyl (C=O) groups is 2. The summed E-state index contributed by atoms with van der Waals surface area (Å²) in [6.07, 6.45) is 0. The summed E-state index contributed by atoms with van der Waals surface area (Å²) < 4.78 is 5.03. The SMILES string of the molecule is Cc1ccc(NC(=O)CN2CC(=O)Oc3cc([N+](=O)[O-])ccc32)c(O)c1. The first kappa shape index (κ1) is 17.2. The predicted molar refractivity (Wildman–Crippen MR) is 92.4 cm³/mol. The first-order chi connectivity index (χ1) is 12.3. The molecular formula is C17H15N3O6. The normalized spacial score (nSPS) is 13.0. The van der Waals surface area contributed by atoms with Crippen molar-refractivity contribution in [2.24, 2.45) is 0 Å². The van der Waals surface area contributed by atoms with Crippen molar-refractivity contribution in [2.45, 2.75) is 6.92 Å². The summed E-state index contributed by atoms with van der Waals surface area (Å²) in [5.41, 5.74) is 1.28. The molecule has 0 spiro atoms. The summed E-state index contributed by atoms with van der Waals surface area (Å²) in [4.78, 5) is 35.7. The van der Waals surface area contributed by atoms with Gasteiger partial charge in [-0.3, -0.25) is 14.9 Å². The lowest BCUT2D eigenvalue weighted by molar-refractivity contribution is -0.384. The third-order valence-electron chi connectivity index (χ3n) is 3.80. The number of esters is 1. The highest BCUT2D eigenvalue weighted by atomic mass is 16.6. The van der Waals surface area contributed by atoms with Gasteiger partial charge >= 0.3 is 5.97 Å². The van der Waals surface area contributed by atoms with E-state index in [1.807, 2.05) is 0 Å². The number of phenols is 1. The van der Waals surface area contributed by atoms with Crippen LogP contribution < -0.4 is 15.0 Å². The van der Waals surface area contributed by atoms with Crippen molar-refractivity contribution in [2.75, 3.05) is 23.3 Å². The van der Waals surface area contributed by atoms with E-state index in [-0.39, 0.29) is 36.0 Å². The fourth-order valence-corrected chi connectivity index (χ4v) is 2.61. The average Bonchev–Trinajstić information content (AvgIpc) is 2.56. The van der Waals surface area contributed by atoms with Crippen molar-refractivity contribution in [1.29, 1.82) is 0 Å². The molecule has 0 bridgehead atoms. The molecule has 2 aromatic carbocycles. The molecule has 3 rings (SSSR count). The Bertz CT molecular complexity index is 911. The lowest BCUT2D eigenvalue weighted by atomic mass is 10.2. The largest absolute Gasteiger partial charge is 0.506 e. The number of nitro benzene ring substituents is 1. The Kier molecular flexibility index (Phi) is 4.44. The van der Waals surface area contributed by atoms with E-state index in [0.29, 0.717) is 5.69 Å². The first-order valence-corrected chi connectivity index (χ1v) is 7.67. The highest BCUT2D eigenvalue weighted by molar-refractivity contribution is 5.97. The van der Waals surface area contributed by atoms with Crippen LogP contribution in [-0.2, 0) is 9.59 Å². The molecule has 0 fully saturated rings. The number of anilines is 2. The molecule has 0 saturated carbocycles. The Balaban J connectivity index is 1.78. The Morgan fingerprint density at radius 3 is 2.81 bits per heavy atom. The van der Waals surface area contributed by atoms with Crippen molar-refractivity contribution in [3.63, 3.8) is 0 Å². The average molecular weight is 357 g/mol. The van der Waals surface area contributed by atoms with Crippen LogP contribution >= 0.6 is 0 Å². The molecule has 9 nitrogen and oxygen atoms in total. The molecule has 1 aliphatic rings. The van der Waals surface area contributed by atoms with Crippen LogP contribution in [0.25, 0.3) is 0 Å². The first-order valence-electron chi connectivity index (χ1n) is 7.67. The van der Waals surface area contributed by atoms with Gasteiger partial charge in [-0.05, 0) is 30.7 Å². The van der Waals surface area contributed by atoms with Crippen LogP contribution in [0.15, 0.2) is 36.4 Å². The third-order valence-corrected chi connectivity index (χ3v) is 3.80. The van der Waals surface area contributed by atoms with Gasteiger partial charge in [-0.15, -0.1) is 0 Å². The maximum atomic E-state index is 12.3. The predicted octanol–water partition coefficient (Wildman–Crippen LogP) is 1.97. The van der Waals surface area contributed by atoms with E-state index >= 15 is 0 Å². The van der Waals surface area contributed by atoms with Crippen molar-refractivity contribution >= 4 is 28.9 Å².